The molecular weight excluding hydrogens is 336 g/mol. The normalized spacial score (nSPS) is 14.4. The van der Waals surface area contributed by atoms with Gasteiger partial charge in [0.25, 0.3) is 0 Å². The summed E-state index contributed by atoms with van der Waals surface area (Å²) >= 11 is 3.88. The fourth-order valence-corrected chi connectivity index (χ4v) is 2.07. The topological polar surface area (TPSA) is 151 Å². The Bertz CT molecular complexity index is 472. The van der Waals surface area contributed by atoms with Crippen molar-refractivity contribution in [2.24, 2.45) is 11.7 Å². The average molecular weight is 362 g/mol. The SMILES string of the molecule is CC(C)CC(NC(=O)C(C)NC(=O)CN)C(=O)NC(CS)C(=O)O. The summed E-state index contributed by atoms with van der Waals surface area (Å²) in [5, 5.41) is 16.2. The summed E-state index contributed by atoms with van der Waals surface area (Å²) < 4.78 is 0. The molecule has 0 aromatic heterocycles. The average Bonchev–Trinajstić information content (AvgIpc) is 2.50. The molecule has 0 rings (SSSR count). The molecule has 10 heteroatoms. The monoisotopic (exact) mass is 362 g/mol. The molecule has 3 amide bonds. The second-order valence-corrected chi connectivity index (χ2v) is 6.13. The number of rotatable bonds is 10. The number of hydrogen-bond acceptors (Lipinski definition) is 6. The van der Waals surface area contributed by atoms with E-state index in [4.69, 9.17) is 10.8 Å². The number of nitrogens with one attached hydrogen (secondary N) is 3. The van der Waals surface area contributed by atoms with Gasteiger partial charge in [-0.3, -0.25) is 14.4 Å². The highest BCUT2D eigenvalue weighted by Crippen LogP contribution is 2.06. The van der Waals surface area contributed by atoms with E-state index in [2.05, 4.69) is 28.6 Å². The van der Waals surface area contributed by atoms with Gasteiger partial charge in [-0.2, -0.15) is 12.6 Å². The van der Waals surface area contributed by atoms with Crippen molar-refractivity contribution in [3.8, 4) is 0 Å². The number of aliphatic carboxylic acids is 1. The van der Waals surface area contributed by atoms with E-state index in [1.165, 1.54) is 6.92 Å². The molecule has 3 unspecified atom stereocenters. The van der Waals surface area contributed by atoms with E-state index < -0.39 is 41.8 Å². The molecule has 0 radical (unpaired) electrons. The Morgan fingerprint density at radius 3 is 1.96 bits per heavy atom. The van der Waals surface area contributed by atoms with E-state index in [0.29, 0.717) is 6.42 Å². The lowest BCUT2D eigenvalue weighted by molar-refractivity contribution is -0.141. The standard InChI is InChI=1S/C14H26N4O5S/c1-7(2)4-9(13(21)18-10(6-24)14(22)23)17-12(20)8(3)16-11(19)5-15/h7-10,24H,4-6,15H2,1-3H3,(H,16,19)(H,17,20)(H,18,21)(H,22,23). The second-order valence-electron chi connectivity index (χ2n) is 5.77. The minimum absolute atomic E-state index is 0.0770. The Balaban J connectivity index is 4.93. The van der Waals surface area contributed by atoms with Crippen molar-refractivity contribution in [3.63, 3.8) is 0 Å². The molecule has 9 nitrogen and oxygen atoms in total. The van der Waals surface area contributed by atoms with E-state index in [0.717, 1.165) is 0 Å². The van der Waals surface area contributed by atoms with E-state index in [9.17, 15) is 19.2 Å². The fourth-order valence-electron chi connectivity index (χ4n) is 1.82. The first-order valence-corrected chi connectivity index (χ1v) is 8.19. The highest BCUT2D eigenvalue weighted by atomic mass is 32.1. The summed E-state index contributed by atoms with van der Waals surface area (Å²) in [4.78, 5) is 46.6. The summed E-state index contributed by atoms with van der Waals surface area (Å²) in [7, 11) is 0. The van der Waals surface area contributed by atoms with Gasteiger partial charge >= 0.3 is 5.97 Å². The zero-order chi connectivity index (χ0) is 18.9. The molecule has 0 saturated carbocycles. The first-order chi connectivity index (χ1) is 11.1. The van der Waals surface area contributed by atoms with Gasteiger partial charge in [-0.05, 0) is 19.3 Å². The van der Waals surface area contributed by atoms with Crippen molar-refractivity contribution in [1.82, 2.24) is 16.0 Å². The minimum atomic E-state index is -1.21. The van der Waals surface area contributed by atoms with E-state index >= 15 is 0 Å². The van der Waals surface area contributed by atoms with Gasteiger partial charge in [0, 0.05) is 5.75 Å². The third kappa shape index (κ3) is 8.16. The number of nitrogens with two attached hydrogens (primary N) is 1. The van der Waals surface area contributed by atoms with Crippen LogP contribution >= 0.6 is 12.6 Å². The van der Waals surface area contributed by atoms with Gasteiger partial charge < -0.3 is 26.8 Å². The maximum atomic E-state index is 12.3. The first-order valence-electron chi connectivity index (χ1n) is 7.56. The van der Waals surface area contributed by atoms with E-state index in [1.54, 1.807) is 0 Å². The Labute approximate surface area is 146 Å². The number of carboxylic acids is 1. The molecule has 0 aromatic rings. The quantitative estimate of drug-likeness (QED) is 0.260. The first kappa shape index (κ1) is 22.2. The molecule has 0 heterocycles. The molecule has 0 fully saturated rings. The molecule has 24 heavy (non-hydrogen) atoms. The predicted octanol–water partition coefficient (Wildman–Crippen LogP) is -1.52. The molecular formula is C14H26N4O5S. The Morgan fingerprint density at radius 2 is 1.54 bits per heavy atom. The number of carboxylic acid groups (broad SMARTS) is 1. The van der Waals surface area contributed by atoms with Gasteiger partial charge in [0.2, 0.25) is 17.7 Å². The van der Waals surface area contributed by atoms with Crippen molar-refractivity contribution in [2.75, 3.05) is 12.3 Å². The van der Waals surface area contributed by atoms with Gasteiger partial charge in [0.1, 0.15) is 18.1 Å². The summed E-state index contributed by atoms with van der Waals surface area (Å²) in [6.07, 6.45) is 0.314. The van der Waals surface area contributed by atoms with Crippen molar-refractivity contribution < 1.29 is 24.3 Å². The maximum Gasteiger partial charge on any atom is 0.327 e. The van der Waals surface area contributed by atoms with Crippen LogP contribution in [0.2, 0.25) is 0 Å². The van der Waals surface area contributed by atoms with Gasteiger partial charge in [-0.15, -0.1) is 0 Å². The molecule has 0 bridgehead atoms. The summed E-state index contributed by atoms with van der Waals surface area (Å²) in [6.45, 7) is 4.93. The number of hydrogen-bond donors (Lipinski definition) is 6. The molecule has 138 valence electrons. The lowest BCUT2D eigenvalue weighted by Crippen LogP contribution is -2.56. The third-order valence-electron chi connectivity index (χ3n) is 3.09. The lowest BCUT2D eigenvalue weighted by atomic mass is 10.0. The number of carbonyl (C=O) groups excluding carboxylic acids is 3. The van der Waals surface area contributed by atoms with Crippen molar-refractivity contribution in [1.29, 1.82) is 0 Å². The van der Waals surface area contributed by atoms with Crippen LogP contribution < -0.4 is 21.7 Å². The van der Waals surface area contributed by atoms with Gasteiger partial charge in [-0.1, -0.05) is 13.8 Å². The van der Waals surface area contributed by atoms with Crippen LogP contribution in [0, 0.1) is 5.92 Å². The fraction of sp³-hybridized carbons (Fsp3) is 0.714. The second kappa shape index (κ2) is 10.9. The number of thiol groups is 1. The zero-order valence-electron chi connectivity index (χ0n) is 14.0. The predicted molar refractivity (Wildman–Crippen MR) is 91.5 cm³/mol. The zero-order valence-corrected chi connectivity index (χ0v) is 14.9. The van der Waals surface area contributed by atoms with Gasteiger partial charge in [0.05, 0.1) is 6.54 Å². The van der Waals surface area contributed by atoms with Crippen LogP contribution in [0.1, 0.15) is 27.2 Å². The molecule has 0 saturated heterocycles. The largest absolute Gasteiger partial charge is 0.480 e. The molecule has 0 aliphatic rings. The van der Waals surface area contributed by atoms with Crippen LogP contribution in [-0.2, 0) is 19.2 Å². The third-order valence-corrected chi connectivity index (χ3v) is 3.46. The van der Waals surface area contributed by atoms with Crippen LogP contribution in [-0.4, -0.2) is 59.2 Å². The minimum Gasteiger partial charge on any atom is -0.480 e. The van der Waals surface area contributed by atoms with Gasteiger partial charge in [-0.25, -0.2) is 4.79 Å². The van der Waals surface area contributed by atoms with Crippen molar-refractivity contribution in [2.45, 2.75) is 45.3 Å². The summed E-state index contributed by atoms with van der Waals surface area (Å²) in [5.41, 5.74) is 5.16. The summed E-state index contributed by atoms with van der Waals surface area (Å²) in [6, 6.07) is -2.94. The lowest BCUT2D eigenvalue weighted by Gasteiger charge is -2.24. The van der Waals surface area contributed by atoms with Crippen LogP contribution in [0.15, 0.2) is 0 Å². The smallest absolute Gasteiger partial charge is 0.327 e. The molecule has 0 aliphatic heterocycles. The highest BCUT2D eigenvalue weighted by molar-refractivity contribution is 7.80. The van der Waals surface area contributed by atoms with E-state index in [-0.39, 0.29) is 18.2 Å². The number of carbonyl (C=O) groups is 4. The van der Waals surface area contributed by atoms with Crippen LogP contribution in [0.3, 0.4) is 0 Å². The van der Waals surface area contributed by atoms with Crippen molar-refractivity contribution in [3.05, 3.63) is 0 Å². The molecule has 3 atom stereocenters. The molecule has 0 aliphatic carbocycles. The number of amides is 3. The Kier molecular flexibility index (Phi) is 10.0. The van der Waals surface area contributed by atoms with Crippen molar-refractivity contribution >= 4 is 36.3 Å². The summed E-state index contributed by atoms with van der Waals surface area (Å²) in [5.74, 6) is -2.88. The van der Waals surface area contributed by atoms with Gasteiger partial charge in [0.15, 0.2) is 0 Å². The molecule has 0 aromatic carbocycles. The molecule has 6 N–H and O–H groups in total. The maximum absolute atomic E-state index is 12.3. The Morgan fingerprint density at radius 1 is 1.00 bits per heavy atom. The van der Waals surface area contributed by atoms with E-state index in [1.807, 2.05) is 13.8 Å². The van der Waals surface area contributed by atoms with Crippen LogP contribution in [0.4, 0.5) is 0 Å². The van der Waals surface area contributed by atoms with Crippen LogP contribution in [0.25, 0.3) is 0 Å². The molecule has 0 spiro atoms. The highest BCUT2D eigenvalue weighted by Gasteiger charge is 2.28. The van der Waals surface area contributed by atoms with Crippen LogP contribution in [0.5, 0.6) is 0 Å². The Hall–Kier alpha value is -1.81.